The van der Waals surface area contributed by atoms with Crippen molar-refractivity contribution in [2.45, 2.75) is 53.4 Å². The molecule has 5 heteroatoms. The van der Waals surface area contributed by atoms with Crippen LogP contribution in [-0.4, -0.2) is 18.5 Å². The predicted octanol–water partition coefficient (Wildman–Crippen LogP) is 5.31. The second-order valence-electron chi connectivity index (χ2n) is 7.20. The minimum atomic E-state index is -0.333. The Morgan fingerprint density at radius 3 is 2.67 bits per heavy atom. The highest BCUT2D eigenvalue weighted by Gasteiger charge is 2.30. The van der Waals surface area contributed by atoms with Crippen LogP contribution in [0, 0.1) is 19.8 Å². The van der Waals surface area contributed by atoms with E-state index in [1.807, 2.05) is 32.0 Å². The van der Waals surface area contributed by atoms with Crippen LogP contribution in [-0.2, 0) is 17.6 Å². The highest BCUT2D eigenvalue weighted by atomic mass is 32.1. The molecule has 1 heterocycles. The van der Waals surface area contributed by atoms with Crippen LogP contribution in [0.3, 0.4) is 0 Å². The molecule has 144 valence electrons. The second-order valence-corrected chi connectivity index (χ2v) is 8.30. The van der Waals surface area contributed by atoms with E-state index in [0.29, 0.717) is 28.7 Å². The maximum absolute atomic E-state index is 12.8. The summed E-state index contributed by atoms with van der Waals surface area (Å²) in [5, 5.41) is 3.61. The third kappa shape index (κ3) is 4.08. The smallest absolute Gasteiger partial charge is 0.341 e. The number of ether oxygens (including phenoxy) is 1. The molecule has 4 nitrogen and oxygen atoms in total. The van der Waals surface area contributed by atoms with E-state index in [0.717, 1.165) is 42.4 Å². The van der Waals surface area contributed by atoms with Gasteiger partial charge in [0.1, 0.15) is 5.00 Å². The van der Waals surface area contributed by atoms with Gasteiger partial charge in [0.25, 0.3) is 5.91 Å². The van der Waals surface area contributed by atoms with Crippen LogP contribution in [0.2, 0.25) is 0 Å². The summed E-state index contributed by atoms with van der Waals surface area (Å²) in [4.78, 5) is 26.6. The maximum Gasteiger partial charge on any atom is 0.341 e. The highest BCUT2D eigenvalue weighted by molar-refractivity contribution is 7.17. The summed E-state index contributed by atoms with van der Waals surface area (Å²) >= 11 is 1.53. The van der Waals surface area contributed by atoms with Crippen molar-refractivity contribution in [2.75, 3.05) is 11.9 Å². The van der Waals surface area contributed by atoms with Gasteiger partial charge in [-0.25, -0.2) is 4.79 Å². The molecule has 0 saturated heterocycles. The van der Waals surface area contributed by atoms with Crippen LogP contribution < -0.4 is 5.32 Å². The number of esters is 1. The number of aryl methyl sites for hydroxylation is 2. The highest BCUT2D eigenvalue weighted by Crippen LogP contribution is 2.41. The summed E-state index contributed by atoms with van der Waals surface area (Å²) in [6.07, 6.45) is 4.06. The zero-order chi connectivity index (χ0) is 19.6. The summed E-state index contributed by atoms with van der Waals surface area (Å²) in [7, 11) is 0. The number of thiophene rings is 1. The van der Waals surface area contributed by atoms with Gasteiger partial charge in [-0.15, -0.1) is 11.3 Å². The molecule has 0 aliphatic heterocycles. The van der Waals surface area contributed by atoms with Gasteiger partial charge in [0.2, 0.25) is 0 Å². The van der Waals surface area contributed by atoms with Crippen LogP contribution in [0.4, 0.5) is 5.00 Å². The van der Waals surface area contributed by atoms with E-state index in [4.69, 9.17) is 4.74 Å². The third-order valence-electron chi connectivity index (χ3n) is 5.42. The van der Waals surface area contributed by atoms with Gasteiger partial charge in [-0.1, -0.05) is 19.4 Å². The Kier molecular flexibility index (Phi) is 6.00. The minimum Gasteiger partial charge on any atom is -0.462 e. The molecule has 0 radical (unpaired) electrons. The average molecular weight is 386 g/mol. The second kappa shape index (κ2) is 8.26. The molecule has 1 aromatic carbocycles. The number of carbonyl (C=O) groups is 2. The zero-order valence-electron chi connectivity index (χ0n) is 16.5. The number of fused-ring (bicyclic) bond motifs is 1. The number of nitrogens with one attached hydrogen (secondary N) is 1. The Morgan fingerprint density at radius 1 is 1.22 bits per heavy atom. The lowest BCUT2D eigenvalue weighted by Crippen LogP contribution is -2.17. The number of hydrogen-bond acceptors (Lipinski definition) is 4. The van der Waals surface area contributed by atoms with Gasteiger partial charge >= 0.3 is 5.97 Å². The molecule has 2 aromatic rings. The molecule has 1 N–H and O–H groups in total. The molecule has 1 aliphatic carbocycles. The van der Waals surface area contributed by atoms with E-state index in [1.54, 1.807) is 6.92 Å². The Bertz CT molecular complexity index is 869. The molecule has 1 atom stereocenters. The maximum atomic E-state index is 12.8. The Labute approximate surface area is 164 Å². The van der Waals surface area contributed by atoms with Gasteiger partial charge in [-0.3, -0.25) is 4.79 Å². The normalized spacial score (nSPS) is 15.9. The molecule has 1 unspecified atom stereocenters. The van der Waals surface area contributed by atoms with E-state index in [-0.39, 0.29) is 11.9 Å². The number of rotatable bonds is 5. The minimum absolute atomic E-state index is 0.186. The first-order valence-corrected chi connectivity index (χ1v) is 10.5. The molecule has 3 rings (SSSR count). The number of carbonyl (C=O) groups excluding carboxylic acids is 2. The van der Waals surface area contributed by atoms with E-state index >= 15 is 0 Å². The van der Waals surface area contributed by atoms with Crippen molar-refractivity contribution >= 4 is 28.2 Å². The fourth-order valence-electron chi connectivity index (χ4n) is 3.57. The van der Waals surface area contributed by atoms with Crippen LogP contribution in [0.1, 0.15) is 69.0 Å². The monoisotopic (exact) mass is 385 g/mol. The zero-order valence-corrected chi connectivity index (χ0v) is 17.3. The number of amides is 1. The third-order valence-corrected chi connectivity index (χ3v) is 6.59. The van der Waals surface area contributed by atoms with Crippen LogP contribution in [0.15, 0.2) is 18.2 Å². The average Bonchev–Trinajstić information content (AvgIpc) is 3.00. The Balaban J connectivity index is 1.93. The van der Waals surface area contributed by atoms with Crippen molar-refractivity contribution in [3.05, 3.63) is 50.9 Å². The molecular formula is C22H27NO3S. The van der Waals surface area contributed by atoms with Crippen LogP contribution in [0.25, 0.3) is 0 Å². The first kappa shape index (κ1) is 19.6. The van der Waals surface area contributed by atoms with Crippen LogP contribution in [0.5, 0.6) is 0 Å². The summed E-state index contributed by atoms with van der Waals surface area (Å²) < 4.78 is 5.28. The fourth-order valence-corrected chi connectivity index (χ4v) is 4.91. The summed E-state index contributed by atoms with van der Waals surface area (Å²) in [5.74, 6) is 0.129. The number of hydrogen-bond donors (Lipinski definition) is 1. The Morgan fingerprint density at radius 2 is 2.00 bits per heavy atom. The van der Waals surface area contributed by atoms with Crippen LogP contribution >= 0.6 is 11.3 Å². The molecule has 27 heavy (non-hydrogen) atoms. The lowest BCUT2D eigenvalue weighted by atomic mass is 9.85. The standard InChI is InChI=1S/C22H27NO3S/c1-5-15-8-10-17-18(12-15)27-21(19(17)22(25)26-6-2)23-20(24)16-9-7-13(3)14(4)11-16/h7,9,11,15H,5-6,8,10,12H2,1-4H3,(H,23,24). The summed E-state index contributed by atoms with van der Waals surface area (Å²) in [5.41, 5.74) is 4.45. The van der Waals surface area contributed by atoms with E-state index in [9.17, 15) is 9.59 Å². The number of anilines is 1. The van der Waals surface area contributed by atoms with Gasteiger partial charge in [0, 0.05) is 10.4 Å². The molecule has 0 spiro atoms. The first-order chi connectivity index (χ1) is 12.9. The molecule has 0 bridgehead atoms. The fraction of sp³-hybridized carbons (Fsp3) is 0.455. The molecular weight excluding hydrogens is 358 g/mol. The molecule has 1 aliphatic rings. The molecule has 0 saturated carbocycles. The topological polar surface area (TPSA) is 55.4 Å². The molecule has 0 fully saturated rings. The Hall–Kier alpha value is -2.14. The van der Waals surface area contributed by atoms with Crippen molar-refractivity contribution in [3.8, 4) is 0 Å². The van der Waals surface area contributed by atoms with Gasteiger partial charge in [-0.05, 0) is 74.8 Å². The van der Waals surface area contributed by atoms with Crippen molar-refractivity contribution in [1.82, 2.24) is 0 Å². The first-order valence-electron chi connectivity index (χ1n) is 9.64. The van der Waals surface area contributed by atoms with Gasteiger partial charge in [-0.2, -0.15) is 0 Å². The van der Waals surface area contributed by atoms with Crippen molar-refractivity contribution in [3.63, 3.8) is 0 Å². The lowest BCUT2D eigenvalue weighted by molar-refractivity contribution is 0.0526. The van der Waals surface area contributed by atoms with Crippen molar-refractivity contribution < 1.29 is 14.3 Å². The quantitative estimate of drug-likeness (QED) is 0.710. The predicted molar refractivity (Wildman–Crippen MR) is 110 cm³/mol. The van der Waals surface area contributed by atoms with Gasteiger partial charge < -0.3 is 10.1 Å². The summed E-state index contributed by atoms with van der Waals surface area (Å²) in [6.45, 7) is 8.35. The van der Waals surface area contributed by atoms with Crippen molar-refractivity contribution in [2.24, 2.45) is 5.92 Å². The SMILES string of the molecule is CCOC(=O)c1c(NC(=O)c2ccc(C)c(C)c2)sc2c1CCC(CC)C2. The van der Waals surface area contributed by atoms with E-state index in [1.165, 1.54) is 16.2 Å². The summed E-state index contributed by atoms with van der Waals surface area (Å²) in [6, 6.07) is 5.65. The van der Waals surface area contributed by atoms with Gasteiger partial charge in [0.15, 0.2) is 0 Å². The molecule has 1 amide bonds. The van der Waals surface area contributed by atoms with Crippen molar-refractivity contribution in [1.29, 1.82) is 0 Å². The lowest BCUT2D eigenvalue weighted by Gasteiger charge is -2.20. The molecule has 1 aromatic heterocycles. The van der Waals surface area contributed by atoms with Gasteiger partial charge in [0.05, 0.1) is 12.2 Å². The number of benzene rings is 1. The largest absolute Gasteiger partial charge is 0.462 e. The van der Waals surface area contributed by atoms with E-state index in [2.05, 4.69) is 12.2 Å². The van der Waals surface area contributed by atoms with E-state index < -0.39 is 0 Å².